The molecule has 82 valence electrons. The molecule has 3 N–H and O–H groups in total. The molecule has 0 atom stereocenters. The van der Waals surface area contributed by atoms with E-state index in [-0.39, 0.29) is 0 Å². The molecule has 0 amide bonds. The Labute approximate surface area is 93.9 Å². The van der Waals surface area contributed by atoms with E-state index in [4.69, 9.17) is 5.73 Å². The fourth-order valence-electron chi connectivity index (χ4n) is 1.75. The number of fused-ring (bicyclic) bond motifs is 1. The lowest BCUT2D eigenvalue weighted by Crippen LogP contribution is -2.09. The number of nitrogens with two attached hydrogens (primary N) is 1. The van der Waals surface area contributed by atoms with Crippen molar-refractivity contribution in [3.63, 3.8) is 0 Å². The third kappa shape index (κ3) is 1.72. The van der Waals surface area contributed by atoms with Crippen LogP contribution in [0.4, 0.5) is 5.82 Å². The van der Waals surface area contributed by atoms with Gasteiger partial charge in [0.15, 0.2) is 0 Å². The molecule has 1 aromatic heterocycles. The second kappa shape index (κ2) is 3.72. The van der Waals surface area contributed by atoms with E-state index in [0.717, 1.165) is 16.7 Å². The summed E-state index contributed by atoms with van der Waals surface area (Å²) in [5.74, 6) is 1.62. The molecular weight excluding hydrogens is 200 g/mol. The lowest BCUT2D eigenvalue weighted by atomic mass is 10.2. The minimum Gasteiger partial charge on any atom is -0.367 e. The molecular formula is C12H14N4. The number of hydrogen-bond donors (Lipinski definition) is 2. The highest BCUT2D eigenvalue weighted by Crippen LogP contribution is 2.27. The number of nitrogens with one attached hydrogen (secondary N) is 1. The highest BCUT2D eigenvalue weighted by atomic mass is 15.1. The molecule has 2 aromatic rings. The highest BCUT2D eigenvalue weighted by Gasteiger charge is 2.22. The first-order chi connectivity index (χ1) is 7.86. The van der Waals surface area contributed by atoms with Crippen molar-refractivity contribution in [3.8, 4) is 0 Å². The largest absolute Gasteiger partial charge is 0.367 e. The van der Waals surface area contributed by atoms with Crippen LogP contribution >= 0.6 is 0 Å². The standard InChI is InChI=1S/C12H14N4/c13-7-11-15-10-4-2-1-3-9(10)12(16-11)14-8-5-6-8/h1-4,8H,5-7,13H2,(H,14,15,16). The number of anilines is 1. The van der Waals surface area contributed by atoms with E-state index >= 15 is 0 Å². The molecule has 0 unspecified atom stereocenters. The number of para-hydroxylation sites is 1. The second-order valence-corrected chi connectivity index (χ2v) is 4.13. The van der Waals surface area contributed by atoms with Crippen LogP contribution in [0.3, 0.4) is 0 Å². The van der Waals surface area contributed by atoms with E-state index in [2.05, 4.69) is 15.3 Å². The van der Waals surface area contributed by atoms with Gasteiger partial charge in [0.25, 0.3) is 0 Å². The maximum absolute atomic E-state index is 5.60. The molecule has 16 heavy (non-hydrogen) atoms. The highest BCUT2D eigenvalue weighted by molar-refractivity contribution is 5.89. The number of rotatable bonds is 3. The molecule has 0 radical (unpaired) electrons. The van der Waals surface area contributed by atoms with E-state index in [1.54, 1.807) is 0 Å². The van der Waals surface area contributed by atoms with Crippen LogP contribution in [0.2, 0.25) is 0 Å². The third-order valence-corrected chi connectivity index (χ3v) is 2.75. The Morgan fingerprint density at radius 1 is 1.25 bits per heavy atom. The molecule has 0 bridgehead atoms. The Morgan fingerprint density at radius 2 is 2.06 bits per heavy atom. The first-order valence-corrected chi connectivity index (χ1v) is 5.59. The van der Waals surface area contributed by atoms with Gasteiger partial charge >= 0.3 is 0 Å². The summed E-state index contributed by atoms with van der Waals surface area (Å²) in [7, 11) is 0. The van der Waals surface area contributed by atoms with E-state index < -0.39 is 0 Å². The van der Waals surface area contributed by atoms with Gasteiger partial charge in [-0.1, -0.05) is 12.1 Å². The Kier molecular flexibility index (Phi) is 2.22. The molecule has 1 aromatic carbocycles. The van der Waals surface area contributed by atoms with Gasteiger partial charge in [-0.25, -0.2) is 9.97 Å². The van der Waals surface area contributed by atoms with E-state index in [9.17, 15) is 0 Å². The van der Waals surface area contributed by atoms with Crippen molar-refractivity contribution in [2.45, 2.75) is 25.4 Å². The molecule has 1 aliphatic carbocycles. The van der Waals surface area contributed by atoms with Gasteiger partial charge in [0.05, 0.1) is 12.1 Å². The zero-order valence-electron chi connectivity index (χ0n) is 8.98. The van der Waals surface area contributed by atoms with Gasteiger partial charge in [-0.15, -0.1) is 0 Å². The van der Waals surface area contributed by atoms with E-state index in [1.807, 2.05) is 24.3 Å². The lowest BCUT2D eigenvalue weighted by molar-refractivity contribution is 0.922. The molecule has 0 saturated heterocycles. The van der Waals surface area contributed by atoms with Gasteiger partial charge in [0.1, 0.15) is 11.6 Å². The summed E-state index contributed by atoms with van der Waals surface area (Å²) < 4.78 is 0. The monoisotopic (exact) mass is 214 g/mol. The zero-order valence-corrected chi connectivity index (χ0v) is 8.98. The quantitative estimate of drug-likeness (QED) is 0.815. The van der Waals surface area contributed by atoms with Crippen molar-refractivity contribution in [3.05, 3.63) is 30.1 Å². The van der Waals surface area contributed by atoms with Crippen LogP contribution in [0.5, 0.6) is 0 Å². The smallest absolute Gasteiger partial charge is 0.144 e. The minimum absolute atomic E-state index is 0.379. The van der Waals surface area contributed by atoms with E-state index in [0.29, 0.717) is 18.4 Å². The van der Waals surface area contributed by atoms with Crippen molar-refractivity contribution in [2.24, 2.45) is 5.73 Å². The molecule has 0 aliphatic heterocycles. The summed E-state index contributed by atoms with van der Waals surface area (Å²) in [6.07, 6.45) is 2.46. The molecule has 3 rings (SSSR count). The van der Waals surface area contributed by atoms with Crippen molar-refractivity contribution in [1.82, 2.24) is 9.97 Å². The summed E-state index contributed by atoms with van der Waals surface area (Å²) in [6.45, 7) is 0.379. The van der Waals surface area contributed by atoms with Crippen molar-refractivity contribution in [1.29, 1.82) is 0 Å². The SMILES string of the molecule is NCc1nc(NC2CC2)c2ccccc2n1. The van der Waals surface area contributed by atoms with Crippen LogP contribution in [0.25, 0.3) is 10.9 Å². The number of aromatic nitrogens is 2. The summed E-state index contributed by atoms with van der Waals surface area (Å²) in [4.78, 5) is 8.86. The Bertz CT molecular complexity index is 519. The second-order valence-electron chi connectivity index (χ2n) is 4.13. The van der Waals surface area contributed by atoms with Crippen LogP contribution < -0.4 is 11.1 Å². The zero-order chi connectivity index (χ0) is 11.0. The van der Waals surface area contributed by atoms with Gasteiger partial charge < -0.3 is 11.1 Å². The molecule has 1 heterocycles. The van der Waals surface area contributed by atoms with Crippen LogP contribution in [0, 0.1) is 0 Å². The normalized spacial score (nSPS) is 15.3. The van der Waals surface area contributed by atoms with Gasteiger partial charge in [-0.05, 0) is 25.0 Å². The third-order valence-electron chi connectivity index (χ3n) is 2.75. The predicted octanol–water partition coefficient (Wildman–Crippen LogP) is 1.66. The predicted molar refractivity (Wildman–Crippen MR) is 64.1 cm³/mol. The summed E-state index contributed by atoms with van der Waals surface area (Å²) in [5.41, 5.74) is 6.56. The topological polar surface area (TPSA) is 63.8 Å². The molecule has 0 spiro atoms. The summed E-state index contributed by atoms with van der Waals surface area (Å²) in [6, 6.07) is 8.61. The van der Waals surface area contributed by atoms with Crippen molar-refractivity contribution < 1.29 is 0 Å². The maximum atomic E-state index is 5.60. The first kappa shape index (κ1) is 9.54. The Hall–Kier alpha value is -1.68. The minimum atomic E-state index is 0.379. The van der Waals surface area contributed by atoms with Crippen LogP contribution in [0.1, 0.15) is 18.7 Å². The molecule has 4 nitrogen and oxygen atoms in total. The van der Waals surface area contributed by atoms with Crippen LogP contribution in [-0.4, -0.2) is 16.0 Å². The maximum Gasteiger partial charge on any atom is 0.144 e. The first-order valence-electron chi connectivity index (χ1n) is 5.59. The molecule has 4 heteroatoms. The Balaban J connectivity index is 2.13. The van der Waals surface area contributed by atoms with Crippen molar-refractivity contribution in [2.75, 3.05) is 5.32 Å². The van der Waals surface area contributed by atoms with Gasteiger partial charge in [-0.2, -0.15) is 0 Å². The van der Waals surface area contributed by atoms with Crippen molar-refractivity contribution >= 4 is 16.7 Å². The fourth-order valence-corrected chi connectivity index (χ4v) is 1.75. The molecule has 1 saturated carbocycles. The van der Waals surface area contributed by atoms with Crippen LogP contribution in [0.15, 0.2) is 24.3 Å². The number of nitrogens with zero attached hydrogens (tertiary/aromatic N) is 2. The lowest BCUT2D eigenvalue weighted by Gasteiger charge is -2.08. The number of benzene rings is 1. The van der Waals surface area contributed by atoms with Crippen LogP contribution in [-0.2, 0) is 6.54 Å². The average molecular weight is 214 g/mol. The fraction of sp³-hybridized carbons (Fsp3) is 0.333. The molecule has 1 fully saturated rings. The molecule has 1 aliphatic rings. The Morgan fingerprint density at radius 3 is 2.81 bits per heavy atom. The van der Waals surface area contributed by atoms with Gasteiger partial charge in [0, 0.05) is 11.4 Å². The van der Waals surface area contributed by atoms with E-state index in [1.165, 1.54) is 12.8 Å². The summed E-state index contributed by atoms with van der Waals surface area (Å²) >= 11 is 0. The van der Waals surface area contributed by atoms with Gasteiger partial charge in [0.2, 0.25) is 0 Å². The number of hydrogen-bond acceptors (Lipinski definition) is 4. The summed E-state index contributed by atoms with van der Waals surface area (Å²) in [5, 5.41) is 4.50. The van der Waals surface area contributed by atoms with Gasteiger partial charge in [-0.3, -0.25) is 0 Å². The average Bonchev–Trinajstić information content (AvgIpc) is 3.13.